The van der Waals surface area contributed by atoms with E-state index in [-0.39, 0.29) is 29.9 Å². The first-order valence-corrected chi connectivity index (χ1v) is 9.36. The molecule has 1 amide bonds. The van der Waals surface area contributed by atoms with E-state index in [4.69, 9.17) is 4.74 Å². The lowest BCUT2D eigenvalue weighted by Crippen LogP contribution is -2.40. The lowest BCUT2D eigenvalue weighted by atomic mass is 10.2. The van der Waals surface area contributed by atoms with E-state index in [1.165, 1.54) is 6.92 Å². The van der Waals surface area contributed by atoms with Crippen molar-refractivity contribution in [3.8, 4) is 0 Å². The molecule has 0 atom stereocenters. The van der Waals surface area contributed by atoms with Crippen LogP contribution in [0.4, 0.5) is 5.69 Å². The van der Waals surface area contributed by atoms with Crippen molar-refractivity contribution in [2.75, 3.05) is 51.3 Å². The number of carbonyl (C=O) groups is 1. The first-order chi connectivity index (χ1) is 12.7. The highest BCUT2D eigenvalue weighted by molar-refractivity contribution is 14.0. The van der Waals surface area contributed by atoms with Crippen LogP contribution in [-0.4, -0.2) is 62.7 Å². The highest BCUT2D eigenvalue weighted by Gasteiger charge is 2.09. The van der Waals surface area contributed by atoms with E-state index < -0.39 is 0 Å². The van der Waals surface area contributed by atoms with Crippen molar-refractivity contribution in [1.29, 1.82) is 0 Å². The van der Waals surface area contributed by atoms with Crippen LogP contribution in [-0.2, 0) is 16.1 Å². The molecule has 0 aromatic heterocycles. The number of ether oxygens (including phenoxy) is 1. The van der Waals surface area contributed by atoms with Crippen molar-refractivity contribution < 1.29 is 9.53 Å². The molecule has 1 aromatic carbocycles. The van der Waals surface area contributed by atoms with Gasteiger partial charge in [0, 0.05) is 38.8 Å². The SMILES string of the molecule is CCNC(=NCc1cccc(NC(C)=O)c1)NCCCN1CCOCC1.I. The van der Waals surface area contributed by atoms with Gasteiger partial charge in [-0.05, 0) is 37.6 Å². The lowest BCUT2D eigenvalue weighted by molar-refractivity contribution is -0.114. The monoisotopic (exact) mass is 489 g/mol. The fourth-order valence-corrected chi connectivity index (χ4v) is 2.80. The number of guanidine groups is 1. The Bertz CT molecular complexity index is 591. The first-order valence-electron chi connectivity index (χ1n) is 9.36. The molecule has 0 spiro atoms. The van der Waals surface area contributed by atoms with Gasteiger partial charge in [-0.1, -0.05) is 12.1 Å². The zero-order chi connectivity index (χ0) is 18.6. The van der Waals surface area contributed by atoms with Crippen LogP contribution in [0.1, 0.15) is 25.8 Å². The molecule has 1 heterocycles. The average molecular weight is 489 g/mol. The standard InChI is InChI=1S/C19H31N5O2.HI/c1-3-20-19(21-8-5-9-24-10-12-26-13-11-24)22-15-17-6-4-7-18(14-17)23-16(2)25;/h4,6-7,14H,3,5,8-13,15H2,1-2H3,(H,23,25)(H2,20,21,22);1H. The van der Waals surface area contributed by atoms with Crippen molar-refractivity contribution in [3.05, 3.63) is 29.8 Å². The molecule has 1 aliphatic rings. The number of nitrogens with zero attached hydrogens (tertiary/aromatic N) is 2. The van der Waals surface area contributed by atoms with Gasteiger partial charge in [-0.15, -0.1) is 24.0 Å². The third kappa shape index (κ3) is 9.92. The lowest BCUT2D eigenvalue weighted by Gasteiger charge is -2.26. The summed E-state index contributed by atoms with van der Waals surface area (Å²) in [6.45, 7) is 10.6. The number of hydrogen-bond donors (Lipinski definition) is 3. The van der Waals surface area contributed by atoms with Gasteiger partial charge in [-0.3, -0.25) is 9.69 Å². The van der Waals surface area contributed by atoms with Crippen molar-refractivity contribution in [3.63, 3.8) is 0 Å². The number of rotatable bonds is 8. The molecule has 0 bridgehead atoms. The zero-order valence-electron chi connectivity index (χ0n) is 16.3. The van der Waals surface area contributed by atoms with Gasteiger partial charge in [-0.2, -0.15) is 0 Å². The number of nitrogens with one attached hydrogen (secondary N) is 3. The minimum Gasteiger partial charge on any atom is -0.379 e. The molecule has 0 saturated carbocycles. The number of aliphatic imine (C=N–C) groups is 1. The maximum Gasteiger partial charge on any atom is 0.221 e. The van der Waals surface area contributed by atoms with Gasteiger partial charge in [0.1, 0.15) is 0 Å². The van der Waals surface area contributed by atoms with Crippen molar-refractivity contribution in [2.45, 2.75) is 26.8 Å². The van der Waals surface area contributed by atoms with Gasteiger partial charge in [0.25, 0.3) is 0 Å². The second-order valence-corrected chi connectivity index (χ2v) is 6.31. The summed E-state index contributed by atoms with van der Waals surface area (Å²) in [6, 6.07) is 7.77. The van der Waals surface area contributed by atoms with Crippen LogP contribution in [0.5, 0.6) is 0 Å². The summed E-state index contributed by atoms with van der Waals surface area (Å²) in [7, 11) is 0. The summed E-state index contributed by atoms with van der Waals surface area (Å²) < 4.78 is 5.37. The smallest absolute Gasteiger partial charge is 0.221 e. The van der Waals surface area contributed by atoms with E-state index in [1.807, 2.05) is 24.3 Å². The number of amides is 1. The Kier molecular flexibility index (Phi) is 12.0. The van der Waals surface area contributed by atoms with Gasteiger partial charge < -0.3 is 20.7 Å². The molecule has 3 N–H and O–H groups in total. The molecule has 1 aromatic rings. The number of morpholine rings is 1. The molecule has 0 aliphatic carbocycles. The summed E-state index contributed by atoms with van der Waals surface area (Å²) in [5.74, 6) is 0.750. The third-order valence-electron chi connectivity index (χ3n) is 4.06. The topological polar surface area (TPSA) is 78.0 Å². The summed E-state index contributed by atoms with van der Waals surface area (Å²) in [5, 5.41) is 9.46. The Morgan fingerprint density at radius 2 is 2.04 bits per heavy atom. The van der Waals surface area contributed by atoms with Crippen LogP contribution < -0.4 is 16.0 Å². The molecule has 8 heteroatoms. The molecule has 1 saturated heterocycles. The second kappa shape index (κ2) is 13.7. The quantitative estimate of drug-likeness (QED) is 0.226. The van der Waals surface area contributed by atoms with Crippen LogP contribution in [0.25, 0.3) is 0 Å². The minimum absolute atomic E-state index is 0. The summed E-state index contributed by atoms with van der Waals surface area (Å²) in [6.07, 6.45) is 1.07. The van der Waals surface area contributed by atoms with Gasteiger partial charge in [0.05, 0.1) is 19.8 Å². The molecule has 1 fully saturated rings. The van der Waals surface area contributed by atoms with E-state index in [2.05, 4.69) is 32.8 Å². The second-order valence-electron chi connectivity index (χ2n) is 6.31. The normalized spacial score (nSPS) is 15.0. The van der Waals surface area contributed by atoms with E-state index in [9.17, 15) is 4.79 Å². The van der Waals surface area contributed by atoms with E-state index >= 15 is 0 Å². The minimum atomic E-state index is -0.0686. The fourth-order valence-electron chi connectivity index (χ4n) is 2.80. The average Bonchev–Trinajstić information content (AvgIpc) is 2.64. The van der Waals surface area contributed by atoms with Crippen molar-refractivity contribution in [2.24, 2.45) is 4.99 Å². The highest BCUT2D eigenvalue weighted by Crippen LogP contribution is 2.11. The largest absolute Gasteiger partial charge is 0.379 e. The Balaban J connectivity index is 0.00000364. The molecule has 0 unspecified atom stereocenters. The van der Waals surface area contributed by atoms with E-state index in [0.29, 0.717) is 6.54 Å². The van der Waals surface area contributed by atoms with Crippen molar-refractivity contribution >= 4 is 41.5 Å². The number of carbonyl (C=O) groups excluding carboxylic acids is 1. The maximum absolute atomic E-state index is 11.2. The molecule has 1 aliphatic heterocycles. The Labute approximate surface area is 179 Å². The Morgan fingerprint density at radius 3 is 2.74 bits per heavy atom. The molecule has 0 radical (unpaired) electrons. The highest BCUT2D eigenvalue weighted by atomic mass is 127. The molecule has 152 valence electrons. The predicted octanol–water partition coefficient (Wildman–Crippen LogP) is 2.04. The van der Waals surface area contributed by atoms with Gasteiger partial charge >= 0.3 is 0 Å². The zero-order valence-corrected chi connectivity index (χ0v) is 18.6. The van der Waals surface area contributed by atoms with Gasteiger partial charge in [-0.25, -0.2) is 4.99 Å². The van der Waals surface area contributed by atoms with Crippen LogP contribution in [0.3, 0.4) is 0 Å². The number of anilines is 1. The van der Waals surface area contributed by atoms with Crippen molar-refractivity contribution in [1.82, 2.24) is 15.5 Å². The number of halogens is 1. The number of benzene rings is 1. The predicted molar refractivity (Wildman–Crippen MR) is 121 cm³/mol. The van der Waals surface area contributed by atoms with Crippen LogP contribution in [0, 0.1) is 0 Å². The van der Waals surface area contributed by atoms with Gasteiger partial charge in [0.2, 0.25) is 5.91 Å². The van der Waals surface area contributed by atoms with Crippen LogP contribution in [0.15, 0.2) is 29.3 Å². The summed E-state index contributed by atoms with van der Waals surface area (Å²) in [5.41, 5.74) is 1.86. The van der Waals surface area contributed by atoms with Crippen LogP contribution >= 0.6 is 24.0 Å². The maximum atomic E-state index is 11.2. The van der Waals surface area contributed by atoms with E-state index in [0.717, 1.165) is 69.6 Å². The molecular weight excluding hydrogens is 457 g/mol. The molecular formula is C19H32IN5O2. The first kappa shape index (κ1) is 23.6. The molecule has 2 rings (SSSR count). The van der Waals surface area contributed by atoms with Gasteiger partial charge in [0.15, 0.2) is 5.96 Å². The molecule has 27 heavy (non-hydrogen) atoms. The Morgan fingerprint density at radius 1 is 1.26 bits per heavy atom. The number of hydrogen-bond acceptors (Lipinski definition) is 4. The Hall–Kier alpha value is -1.39. The third-order valence-corrected chi connectivity index (χ3v) is 4.06. The molecule has 7 nitrogen and oxygen atoms in total. The summed E-state index contributed by atoms with van der Waals surface area (Å²) >= 11 is 0. The summed E-state index contributed by atoms with van der Waals surface area (Å²) in [4.78, 5) is 18.2. The van der Waals surface area contributed by atoms with Crippen LogP contribution in [0.2, 0.25) is 0 Å². The van der Waals surface area contributed by atoms with E-state index in [1.54, 1.807) is 0 Å². The fraction of sp³-hybridized carbons (Fsp3) is 0.579.